The molecule has 4 rings (SSSR count). The fourth-order valence-corrected chi connectivity index (χ4v) is 3.52. The highest BCUT2D eigenvalue weighted by molar-refractivity contribution is 5.83. The van der Waals surface area contributed by atoms with Gasteiger partial charge in [0.05, 0.1) is 4.92 Å². The van der Waals surface area contributed by atoms with Gasteiger partial charge in [0, 0.05) is 36.3 Å². The summed E-state index contributed by atoms with van der Waals surface area (Å²) in [4.78, 5) is 20.1. The number of hydrogen-bond acceptors (Lipinski definition) is 4. The maximum absolute atomic E-state index is 10.7. The van der Waals surface area contributed by atoms with Crippen LogP contribution in [0.15, 0.2) is 48.8 Å². The van der Waals surface area contributed by atoms with Crippen LogP contribution in [0.5, 0.6) is 0 Å². The second-order valence-electron chi connectivity index (χ2n) is 6.18. The fraction of sp³-hybridized carbons (Fsp3) is 0.278. The zero-order valence-electron chi connectivity index (χ0n) is 13.2. The molecule has 1 fully saturated rings. The van der Waals surface area contributed by atoms with Crippen molar-refractivity contribution in [3.8, 4) is 0 Å². The van der Waals surface area contributed by atoms with Gasteiger partial charge in [0.15, 0.2) is 0 Å². The maximum atomic E-state index is 10.7. The van der Waals surface area contributed by atoms with Crippen molar-refractivity contribution >= 4 is 22.4 Å². The average Bonchev–Trinajstić information content (AvgIpc) is 3.06. The third kappa shape index (κ3) is 2.60. The van der Waals surface area contributed by atoms with Gasteiger partial charge in [-0.25, -0.2) is 4.98 Å². The zero-order valence-corrected chi connectivity index (χ0v) is 13.2. The molecule has 0 radical (unpaired) electrons. The van der Waals surface area contributed by atoms with E-state index < -0.39 is 4.92 Å². The first kappa shape index (κ1) is 14.7. The number of rotatable bonds is 3. The standard InChI is InChI=1S/C18H18N4O2/c23-22(24)14-5-6-18(20-11-14)21-9-7-13(8-10-21)16-12-19-17-4-2-1-3-15(16)17/h1-6,11-13,19H,7-10H2. The molecule has 1 N–H and O–H groups in total. The monoisotopic (exact) mass is 322 g/mol. The van der Waals surface area contributed by atoms with E-state index in [0.29, 0.717) is 5.92 Å². The topological polar surface area (TPSA) is 75.1 Å². The van der Waals surface area contributed by atoms with Crippen LogP contribution >= 0.6 is 0 Å². The zero-order chi connectivity index (χ0) is 16.5. The maximum Gasteiger partial charge on any atom is 0.287 e. The van der Waals surface area contributed by atoms with E-state index >= 15 is 0 Å². The van der Waals surface area contributed by atoms with E-state index in [2.05, 4.69) is 39.3 Å². The molecule has 122 valence electrons. The SMILES string of the molecule is O=[N+]([O-])c1ccc(N2CCC(c3c[nH]c4ccccc34)CC2)nc1. The molecule has 1 aromatic carbocycles. The fourth-order valence-electron chi connectivity index (χ4n) is 3.52. The van der Waals surface area contributed by atoms with E-state index in [-0.39, 0.29) is 5.69 Å². The second-order valence-corrected chi connectivity index (χ2v) is 6.18. The third-order valence-electron chi connectivity index (χ3n) is 4.82. The van der Waals surface area contributed by atoms with Gasteiger partial charge in [0.25, 0.3) is 5.69 Å². The molecule has 1 aliphatic heterocycles. The summed E-state index contributed by atoms with van der Waals surface area (Å²) in [5.41, 5.74) is 2.61. The molecule has 3 aromatic rings. The summed E-state index contributed by atoms with van der Waals surface area (Å²) in [5.74, 6) is 1.36. The summed E-state index contributed by atoms with van der Waals surface area (Å²) in [6.07, 6.45) is 5.58. The van der Waals surface area contributed by atoms with Crippen molar-refractivity contribution in [1.29, 1.82) is 0 Å². The molecule has 24 heavy (non-hydrogen) atoms. The normalized spacial score (nSPS) is 15.8. The Bertz CT molecular complexity index is 864. The number of H-pyrrole nitrogens is 1. The number of aromatic amines is 1. The largest absolute Gasteiger partial charge is 0.361 e. The predicted molar refractivity (Wildman–Crippen MR) is 93.4 cm³/mol. The second kappa shape index (κ2) is 5.96. The van der Waals surface area contributed by atoms with Gasteiger partial charge in [0.1, 0.15) is 12.0 Å². The first-order valence-electron chi connectivity index (χ1n) is 8.14. The predicted octanol–water partition coefficient (Wildman–Crippen LogP) is 3.86. The summed E-state index contributed by atoms with van der Waals surface area (Å²) in [7, 11) is 0. The number of nitrogens with zero attached hydrogens (tertiary/aromatic N) is 3. The van der Waals surface area contributed by atoms with Gasteiger partial charge in [-0.1, -0.05) is 18.2 Å². The molecule has 6 heteroatoms. The number of nitrogens with one attached hydrogen (secondary N) is 1. The van der Waals surface area contributed by atoms with E-state index in [1.807, 2.05) is 6.07 Å². The number of benzene rings is 1. The Kier molecular flexibility index (Phi) is 3.65. The number of aromatic nitrogens is 2. The smallest absolute Gasteiger partial charge is 0.287 e. The summed E-state index contributed by atoms with van der Waals surface area (Å²) < 4.78 is 0. The van der Waals surface area contributed by atoms with Crippen molar-refractivity contribution in [2.75, 3.05) is 18.0 Å². The summed E-state index contributed by atoms with van der Waals surface area (Å²) >= 11 is 0. The molecule has 0 unspecified atom stereocenters. The van der Waals surface area contributed by atoms with Crippen molar-refractivity contribution < 1.29 is 4.92 Å². The summed E-state index contributed by atoms with van der Waals surface area (Å²) in [6, 6.07) is 11.7. The molecule has 2 aromatic heterocycles. The minimum Gasteiger partial charge on any atom is -0.361 e. The molecule has 6 nitrogen and oxygen atoms in total. The van der Waals surface area contributed by atoms with Crippen LogP contribution < -0.4 is 4.90 Å². The molecule has 0 bridgehead atoms. The highest BCUT2D eigenvalue weighted by atomic mass is 16.6. The van der Waals surface area contributed by atoms with Crippen LogP contribution in [0.25, 0.3) is 10.9 Å². The van der Waals surface area contributed by atoms with E-state index in [9.17, 15) is 10.1 Å². The molecule has 1 aliphatic rings. The van der Waals surface area contributed by atoms with Crippen molar-refractivity contribution in [3.63, 3.8) is 0 Å². The van der Waals surface area contributed by atoms with E-state index in [1.54, 1.807) is 6.07 Å². The Morgan fingerprint density at radius 3 is 2.67 bits per heavy atom. The lowest BCUT2D eigenvalue weighted by atomic mass is 9.89. The number of hydrogen-bond donors (Lipinski definition) is 1. The molecule has 1 saturated heterocycles. The van der Waals surface area contributed by atoms with Gasteiger partial charge < -0.3 is 9.88 Å². The Balaban J connectivity index is 1.47. The Morgan fingerprint density at radius 2 is 1.96 bits per heavy atom. The van der Waals surface area contributed by atoms with Gasteiger partial charge in [-0.2, -0.15) is 0 Å². The molecule has 3 heterocycles. The van der Waals surface area contributed by atoms with Crippen LogP contribution in [0.3, 0.4) is 0 Å². The van der Waals surface area contributed by atoms with Crippen molar-refractivity contribution in [2.45, 2.75) is 18.8 Å². The minimum atomic E-state index is -0.417. The van der Waals surface area contributed by atoms with Crippen molar-refractivity contribution in [3.05, 3.63) is 64.5 Å². The highest BCUT2D eigenvalue weighted by Crippen LogP contribution is 2.34. The van der Waals surface area contributed by atoms with Gasteiger partial charge in [-0.05, 0) is 36.5 Å². The van der Waals surface area contributed by atoms with Crippen molar-refractivity contribution in [2.24, 2.45) is 0 Å². The third-order valence-corrected chi connectivity index (χ3v) is 4.82. The molecule has 0 amide bonds. The minimum absolute atomic E-state index is 0.0347. The van der Waals surface area contributed by atoms with Crippen LogP contribution in [-0.2, 0) is 0 Å². The lowest BCUT2D eigenvalue weighted by Crippen LogP contribution is -2.33. The van der Waals surface area contributed by atoms with E-state index in [0.717, 1.165) is 31.7 Å². The van der Waals surface area contributed by atoms with Gasteiger partial charge in [-0.15, -0.1) is 0 Å². The number of nitro groups is 1. The summed E-state index contributed by atoms with van der Waals surface area (Å²) in [6.45, 7) is 1.82. The number of anilines is 1. The summed E-state index contributed by atoms with van der Waals surface area (Å²) in [5, 5.41) is 12.0. The molecular weight excluding hydrogens is 304 g/mol. The number of pyridine rings is 1. The van der Waals surface area contributed by atoms with E-state index in [4.69, 9.17) is 0 Å². The van der Waals surface area contributed by atoms with Crippen LogP contribution in [-0.4, -0.2) is 28.0 Å². The van der Waals surface area contributed by atoms with Gasteiger partial charge in [-0.3, -0.25) is 10.1 Å². The Labute approximate surface area is 139 Å². The van der Waals surface area contributed by atoms with Gasteiger partial charge in [0.2, 0.25) is 0 Å². The highest BCUT2D eigenvalue weighted by Gasteiger charge is 2.23. The lowest BCUT2D eigenvalue weighted by molar-refractivity contribution is -0.385. The molecular formula is C18H18N4O2. The Hall–Kier alpha value is -2.89. The number of para-hydroxylation sites is 1. The first-order valence-corrected chi connectivity index (χ1v) is 8.14. The number of piperidine rings is 1. The van der Waals surface area contributed by atoms with Crippen LogP contribution in [0.2, 0.25) is 0 Å². The van der Waals surface area contributed by atoms with Crippen molar-refractivity contribution in [1.82, 2.24) is 9.97 Å². The lowest BCUT2D eigenvalue weighted by Gasteiger charge is -2.32. The molecule has 0 spiro atoms. The quantitative estimate of drug-likeness (QED) is 0.587. The Morgan fingerprint density at radius 1 is 1.17 bits per heavy atom. The van der Waals surface area contributed by atoms with Crippen LogP contribution in [0.4, 0.5) is 11.5 Å². The van der Waals surface area contributed by atoms with E-state index in [1.165, 1.54) is 28.7 Å². The molecule has 0 saturated carbocycles. The first-order chi connectivity index (χ1) is 11.7. The van der Waals surface area contributed by atoms with Crippen LogP contribution in [0, 0.1) is 10.1 Å². The molecule has 0 aliphatic carbocycles. The number of fused-ring (bicyclic) bond motifs is 1. The van der Waals surface area contributed by atoms with Crippen LogP contribution in [0.1, 0.15) is 24.3 Å². The molecule has 0 atom stereocenters. The average molecular weight is 322 g/mol. The van der Waals surface area contributed by atoms with Gasteiger partial charge >= 0.3 is 0 Å².